The van der Waals surface area contributed by atoms with Crippen LogP contribution in [0.15, 0.2) is 72.8 Å². The Hall–Kier alpha value is -2.19. The van der Waals surface area contributed by atoms with Gasteiger partial charge in [0.15, 0.2) is 5.78 Å². The van der Waals surface area contributed by atoms with Gasteiger partial charge in [0.1, 0.15) is 0 Å². The van der Waals surface area contributed by atoms with Crippen molar-refractivity contribution in [1.82, 2.24) is 4.90 Å². The van der Waals surface area contributed by atoms with Crippen molar-refractivity contribution < 1.29 is 4.79 Å². The fourth-order valence-corrected chi connectivity index (χ4v) is 3.19. The first-order chi connectivity index (χ1) is 11.2. The minimum absolute atomic E-state index is 0.230. The third-order valence-electron chi connectivity index (χ3n) is 4.66. The van der Waals surface area contributed by atoms with Crippen molar-refractivity contribution in [3.8, 4) is 0 Å². The Bertz CT molecular complexity index is 663. The monoisotopic (exact) mass is 305 g/mol. The number of Topliss-reactive ketones (excluding diaryl/α,β-unsaturated/α-hetero) is 1. The van der Waals surface area contributed by atoms with E-state index in [9.17, 15) is 4.79 Å². The summed E-state index contributed by atoms with van der Waals surface area (Å²) in [6.07, 6.45) is 4.99. The molecule has 1 aliphatic rings. The van der Waals surface area contributed by atoms with Gasteiger partial charge in [-0.15, -0.1) is 0 Å². The molecule has 0 spiro atoms. The van der Waals surface area contributed by atoms with E-state index in [4.69, 9.17) is 0 Å². The minimum Gasteiger partial charge on any atom is -0.294 e. The molecule has 0 amide bonds. The van der Waals surface area contributed by atoms with Gasteiger partial charge in [0.05, 0.1) is 0 Å². The number of hydrogen-bond acceptors (Lipinski definition) is 2. The minimum atomic E-state index is 0.230. The summed E-state index contributed by atoms with van der Waals surface area (Å²) in [5.41, 5.74) is 2.14. The second-order valence-electron chi connectivity index (χ2n) is 6.24. The van der Waals surface area contributed by atoms with Gasteiger partial charge in [0.2, 0.25) is 0 Å². The molecule has 0 fully saturated rings. The zero-order valence-electron chi connectivity index (χ0n) is 13.6. The van der Waals surface area contributed by atoms with Crippen molar-refractivity contribution in [2.75, 3.05) is 6.54 Å². The fraction of sp³-hybridized carbons (Fsp3) is 0.286. The highest BCUT2D eigenvalue weighted by molar-refractivity contribution is 5.96. The van der Waals surface area contributed by atoms with Gasteiger partial charge in [-0.25, -0.2) is 0 Å². The van der Waals surface area contributed by atoms with Crippen LogP contribution < -0.4 is 0 Å². The smallest absolute Gasteiger partial charge is 0.163 e. The lowest BCUT2D eigenvalue weighted by atomic mass is 9.89. The molecule has 2 heteroatoms. The fourth-order valence-electron chi connectivity index (χ4n) is 3.19. The van der Waals surface area contributed by atoms with Crippen molar-refractivity contribution >= 4 is 5.78 Å². The molecule has 0 bridgehead atoms. The Balaban J connectivity index is 1.65. The molecule has 0 saturated heterocycles. The molecule has 118 valence electrons. The maximum atomic E-state index is 12.5. The van der Waals surface area contributed by atoms with Gasteiger partial charge in [-0.05, 0) is 18.4 Å². The normalized spacial score (nSPS) is 21.3. The van der Waals surface area contributed by atoms with Crippen molar-refractivity contribution in [2.45, 2.75) is 25.9 Å². The Morgan fingerprint density at radius 1 is 1.04 bits per heavy atom. The largest absolute Gasteiger partial charge is 0.294 e. The Labute approximate surface area is 138 Å². The predicted molar refractivity (Wildman–Crippen MR) is 94.3 cm³/mol. The van der Waals surface area contributed by atoms with Crippen LogP contribution in [0.2, 0.25) is 0 Å². The Morgan fingerprint density at radius 3 is 2.39 bits per heavy atom. The van der Waals surface area contributed by atoms with Gasteiger partial charge in [0, 0.05) is 31.1 Å². The number of carbonyl (C=O) groups is 1. The molecule has 0 saturated carbocycles. The van der Waals surface area contributed by atoms with Crippen LogP contribution in [0.1, 0.15) is 29.3 Å². The third kappa shape index (κ3) is 3.96. The molecule has 3 rings (SSSR count). The lowest BCUT2D eigenvalue weighted by molar-refractivity contribution is 0.0926. The van der Waals surface area contributed by atoms with Gasteiger partial charge in [-0.2, -0.15) is 0 Å². The van der Waals surface area contributed by atoms with Crippen LogP contribution in [0.4, 0.5) is 0 Å². The van der Waals surface area contributed by atoms with E-state index < -0.39 is 0 Å². The van der Waals surface area contributed by atoms with Crippen molar-refractivity contribution in [3.63, 3.8) is 0 Å². The summed E-state index contributed by atoms with van der Waals surface area (Å²) in [6.45, 7) is 4.11. The van der Waals surface area contributed by atoms with Crippen LogP contribution in [-0.2, 0) is 6.54 Å². The molecule has 2 nitrogen and oxygen atoms in total. The molecular weight excluding hydrogens is 282 g/mol. The van der Waals surface area contributed by atoms with E-state index in [2.05, 4.69) is 48.2 Å². The number of hydrogen-bond donors (Lipinski definition) is 0. The van der Waals surface area contributed by atoms with E-state index in [1.807, 2.05) is 36.4 Å². The first-order valence-electron chi connectivity index (χ1n) is 8.27. The molecule has 1 aliphatic heterocycles. The standard InChI is InChI=1S/C21H23NO/c1-17-20(15-21(23)19-11-6-3-7-12-19)13-8-14-22(17)16-18-9-4-2-5-10-18/h2-13,17,20H,14-16H2,1H3/t17-,20-/m1/s1. The quantitative estimate of drug-likeness (QED) is 0.605. The predicted octanol–water partition coefficient (Wildman–Crippen LogP) is 4.34. The van der Waals surface area contributed by atoms with Crippen LogP contribution in [0.3, 0.4) is 0 Å². The van der Waals surface area contributed by atoms with Crippen LogP contribution >= 0.6 is 0 Å². The number of rotatable bonds is 5. The number of benzene rings is 2. The van der Waals surface area contributed by atoms with Gasteiger partial charge in [0.25, 0.3) is 0 Å². The van der Waals surface area contributed by atoms with Crippen LogP contribution in [-0.4, -0.2) is 23.3 Å². The first-order valence-corrected chi connectivity index (χ1v) is 8.27. The summed E-state index contributed by atoms with van der Waals surface area (Å²) in [4.78, 5) is 14.9. The van der Waals surface area contributed by atoms with Gasteiger partial charge in [-0.1, -0.05) is 72.8 Å². The van der Waals surface area contributed by atoms with Crippen LogP contribution in [0.25, 0.3) is 0 Å². The summed E-state index contributed by atoms with van der Waals surface area (Å²) in [7, 11) is 0. The summed E-state index contributed by atoms with van der Waals surface area (Å²) >= 11 is 0. The van der Waals surface area contributed by atoms with Gasteiger partial charge < -0.3 is 0 Å². The van der Waals surface area contributed by atoms with Crippen molar-refractivity contribution in [2.24, 2.45) is 5.92 Å². The first kappa shape index (κ1) is 15.7. The second kappa shape index (κ2) is 7.38. The molecule has 0 unspecified atom stereocenters. The summed E-state index contributed by atoms with van der Waals surface area (Å²) in [5, 5.41) is 0. The van der Waals surface area contributed by atoms with Gasteiger partial charge in [-0.3, -0.25) is 9.69 Å². The number of ketones is 1. The van der Waals surface area contributed by atoms with Gasteiger partial charge >= 0.3 is 0 Å². The van der Waals surface area contributed by atoms with E-state index in [0.29, 0.717) is 12.5 Å². The molecule has 0 aliphatic carbocycles. The van der Waals surface area contributed by atoms with E-state index in [1.165, 1.54) is 5.56 Å². The average molecular weight is 305 g/mol. The highest BCUT2D eigenvalue weighted by Crippen LogP contribution is 2.24. The van der Waals surface area contributed by atoms with E-state index in [-0.39, 0.29) is 11.7 Å². The molecule has 0 radical (unpaired) electrons. The SMILES string of the molecule is C[C@@H]1[C@@H](CC(=O)c2ccccc2)C=CCN1Cc1ccccc1. The van der Waals surface area contributed by atoms with Crippen LogP contribution in [0.5, 0.6) is 0 Å². The second-order valence-corrected chi connectivity index (χ2v) is 6.24. The zero-order valence-corrected chi connectivity index (χ0v) is 13.6. The molecule has 2 aromatic rings. The highest BCUT2D eigenvalue weighted by Gasteiger charge is 2.26. The lowest BCUT2D eigenvalue weighted by Gasteiger charge is -2.36. The maximum absolute atomic E-state index is 12.5. The molecular formula is C21H23NO. The zero-order chi connectivity index (χ0) is 16.1. The van der Waals surface area contributed by atoms with Crippen molar-refractivity contribution in [1.29, 1.82) is 0 Å². The molecule has 0 aromatic heterocycles. The van der Waals surface area contributed by atoms with E-state index in [0.717, 1.165) is 18.7 Å². The molecule has 1 heterocycles. The topological polar surface area (TPSA) is 20.3 Å². The molecule has 2 atom stereocenters. The van der Waals surface area contributed by atoms with E-state index in [1.54, 1.807) is 0 Å². The number of carbonyl (C=O) groups excluding carboxylic acids is 1. The van der Waals surface area contributed by atoms with Crippen molar-refractivity contribution in [3.05, 3.63) is 83.9 Å². The summed E-state index contributed by atoms with van der Waals surface area (Å²) in [5.74, 6) is 0.508. The molecule has 23 heavy (non-hydrogen) atoms. The molecule has 0 N–H and O–H groups in total. The Morgan fingerprint density at radius 2 is 1.70 bits per heavy atom. The van der Waals surface area contributed by atoms with Crippen LogP contribution in [0, 0.1) is 5.92 Å². The number of nitrogens with zero attached hydrogens (tertiary/aromatic N) is 1. The molecule has 2 aromatic carbocycles. The summed E-state index contributed by atoms with van der Waals surface area (Å²) in [6, 6.07) is 20.5. The highest BCUT2D eigenvalue weighted by atomic mass is 16.1. The summed E-state index contributed by atoms with van der Waals surface area (Å²) < 4.78 is 0. The Kier molecular flexibility index (Phi) is 5.04. The third-order valence-corrected chi connectivity index (χ3v) is 4.66. The lowest BCUT2D eigenvalue weighted by Crippen LogP contribution is -2.41. The van der Waals surface area contributed by atoms with E-state index >= 15 is 0 Å². The maximum Gasteiger partial charge on any atom is 0.163 e. The average Bonchev–Trinajstić information content (AvgIpc) is 2.60.